The summed E-state index contributed by atoms with van der Waals surface area (Å²) in [6, 6.07) is 4.20. The molecular formula is C17H27NO. The molecule has 0 bridgehead atoms. The van der Waals surface area contributed by atoms with Crippen molar-refractivity contribution in [3.8, 4) is 0 Å². The van der Waals surface area contributed by atoms with Gasteiger partial charge in [-0.05, 0) is 48.6 Å². The third kappa shape index (κ3) is 3.36. The molecule has 1 aliphatic carbocycles. The number of pyridine rings is 1. The molecule has 1 heterocycles. The molecule has 0 amide bonds. The quantitative estimate of drug-likeness (QED) is 0.898. The van der Waals surface area contributed by atoms with E-state index < -0.39 is 5.60 Å². The van der Waals surface area contributed by atoms with Gasteiger partial charge in [-0.3, -0.25) is 4.98 Å². The van der Waals surface area contributed by atoms with Gasteiger partial charge < -0.3 is 5.11 Å². The van der Waals surface area contributed by atoms with Crippen molar-refractivity contribution in [1.82, 2.24) is 4.98 Å². The average Bonchev–Trinajstić information content (AvgIpc) is 2.36. The molecule has 1 saturated carbocycles. The van der Waals surface area contributed by atoms with Gasteiger partial charge in [0, 0.05) is 18.3 Å². The topological polar surface area (TPSA) is 33.1 Å². The van der Waals surface area contributed by atoms with Crippen LogP contribution in [0, 0.1) is 11.3 Å². The van der Waals surface area contributed by atoms with Crippen LogP contribution in [0.2, 0.25) is 0 Å². The zero-order valence-electron chi connectivity index (χ0n) is 12.7. The molecule has 106 valence electrons. The third-order valence-corrected chi connectivity index (χ3v) is 4.79. The minimum absolute atomic E-state index is 0.337. The number of hydrogen-bond donors (Lipinski definition) is 1. The summed E-state index contributed by atoms with van der Waals surface area (Å²) >= 11 is 0. The first-order chi connectivity index (χ1) is 8.85. The molecule has 19 heavy (non-hydrogen) atoms. The van der Waals surface area contributed by atoms with Crippen molar-refractivity contribution < 1.29 is 5.11 Å². The van der Waals surface area contributed by atoms with Gasteiger partial charge in [0.1, 0.15) is 0 Å². The summed E-state index contributed by atoms with van der Waals surface area (Å²) in [5.74, 6) is 0.337. The fraction of sp³-hybridized carbons (Fsp3) is 0.706. The Balaban J connectivity index is 2.08. The molecule has 0 aliphatic heterocycles. The lowest BCUT2D eigenvalue weighted by molar-refractivity contribution is -0.0710. The van der Waals surface area contributed by atoms with E-state index in [-0.39, 0.29) is 0 Å². The van der Waals surface area contributed by atoms with Crippen molar-refractivity contribution in [2.75, 3.05) is 0 Å². The summed E-state index contributed by atoms with van der Waals surface area (Å²) in [6.07, 6.45) is 6.72. The SMILES string of the molecule is CCc1ccc(CC2(O)CCC(C)(C)CC2C)nc1. The van der Waals surface area contributed by atoms with Gasteiger partial charge >= 0.3 is 0 Å². The minimum Gasteiger partial charge on any atom is -0.389 e. The number of rotatable bonds is 3. The van der Waals surface area contributed by atoms with Crippen LogP contribution in [0.4, 0.5) is 0 Å². The van der Waals surface area contributed by atoms with E-state index in [9.17, 15) is 5.11 Å². The van der Waals surface area contributed by atoms with Crippen molar-refractivity contribution in [1.29, 1.82) is 0 Å². The highest BCUT2D eigenvalue weighted by Crippen LogP contribution is 2.44. The maximum atomic E-state index is 10.9. The highest BCUT2D eigenvalue weighted by atomic mass is 16.3. The van der Waals surface area contributed by atoms with Crippen molar-refractivity contribution in [2.45, 2.75) is 65.4 Å². The lowest BCUT2D eigenvalue weighted by Gasteiger charge is -2.45. The zero-order valence-corrected chi connectivity index (χ0v) is 12.7. The second-order valence-electron chi connectivity index (χ2n) is 7.06. The lowest BCUT2D eigenvalue weighted by Crippen LogP contribution is -2.45. The van der Waals surface area contributed by atoms with Gasteiger partial charge in [-0.15, -0.1) is 0 Å². The molecule has 0 spiro atoms. The van der Waals surface area contributed by atoms with Crippen LogP contribution in [0.5, 0.6) is 0 Å². The van der Waals surface area contributed by atoms with Gasteiger partial charge in [0.25, 0.3) is 0 Å². The third-order valence-electron chi connectivity index (χ3n) is 4.79. The Hall–Kier alpha value is -0.890. The van der Waals surface area contributed by atoms with Crippen molar-refractivity contribution in [3.05, 3.63) is 29.6 Å². The summed E-state index contributed by atoms with van der Waals surface area (Å²) in [7, 11) is 0. The number of hydrogen-bond acceptors (Lipinski definition) is 2. The van der Waals surface area contributed by atoms with Crippen molar-refractivity contribution in [2.24, 2.45) is 11.3 Å². The number of aryl methyl sites for hydroxylation is 1. The van der Waals surface area contributed by atoms with Crippen LogP contribution >= 0.6 is 0 Å². The minimum atomic E-state index is -0.573. The molecular weight excluding hydrogens is 234 g/mol. The van der Waals surface area contributed by atoms with Crippen LogP contribution in [-0.4, -0.2) is 15.7 Å². The molecule has 2 heteroatoms. The maximum absolute atomic E-state index is 10.9. The van der Waals surface area contributed by atoms with Gasteiger partial charge in [0.05, 0.1) is 5.60 Å². The fourth-order valence-electron chi connectivity index (χ4n) is 3.27. The molecule has 1 aliphatic rings. The van der Waals surface area contributed by atoms with Gasteiger partial charge in [-0.25, -0.2) is 0 Å². The van der Waals surface area contributed by atoms with Crippen LogP contribution in [-0.2, 0) is 12.8 Å². The fourth-order valence-corrected chi connectivity index (χ4v) is 3.27. The van der Waals surface area contributed by atoms with Crippen LogP contribution < -0.4 is 0 Å². The van der Waals surface area contributed by atoms with E-state index in [2.05, 4.69) is 44.8 Å². The lowest BCUT2D eigenvalue weighted by atomic mass is 9.64. The average molecular weight is 261 g/mol. The molecule has 0 radical (unpaired) electrons. The van der Waals surface area contributed by atoms with Crippen LogP contribution in [0.3, 0.4) is 0 Å². The van der Waals surface area contributed by atoms with E-state index in [0.29, 0.717) is 17.8 Å². The molecule has 1 fully saturated rings. The first-order valence-electron chi connectivity index (χ1n) is 7.51. The number of aliphatic hydroxyl groups is 1. The summed E-state index contributed by atoms with van der Waals surface area (Å²) in [5.41, 5.74) is 2.07. The summed E-state index contributed by atoms with van der Waals surface area (Å²) in [4.78, 5) is 4.50. The van der Waals surface area contributed by atoms with Crippen molar-refractivity contribution in [3.63, 3.8) is 0 Å². The van der Waals surface area contributed by atoms with Gasteiger partial charge in [0.2, 0.25) is 0 Å². The van der Waals surface area contributed by atoms with Crippen LogP contribution in [0.1, 0.15) is 58.2 Å². The first kappa shape index (κ1) is 14.5. The predicted molar refractivity (Wildman–Crippen MR) is 79.1 cm³/mol. The van der Waals surface area contributed by atoms with E-state index in [1.54, 1.807) is 0 Å². The smallest absolute Gasteiger partial charge is 0.0728 e. The van der Waals surface area contributed by atoms with E-state index in [1.807, 2.05) is 6.20 Å². The predicted octanol–water partition coefficient (Wildman–Crippen LogP) is 3.76. The molecule has 2 unspecified atom stereocenters. The van der Waals surface area contributed by atoms with E-state index in [0.717, 1.165) is 31.4 Å². The van der Waals surface area contributed by atoms with E-state index >= 15 is 0 Å². The largest absolute Gasteiger partial charge is 0.389 e. The molecule has 0 aromatic carbocycles. The molecule has 2 rings (SSSR count). The molecule has 1 aromatic rings. The van der Waals surface area contributed by atoms with Crippen LogP contribution in [0.15, 0.2) is 18.3 Å². The van der Waals surface area contributed by atoms with E-state index in [4.69, 9.17) is 0 Å². The Labute approximate surface area is 117 Å². The van der Waals surface area contributed by atoms with Gasteiger partial charge in [-0.2, -0.15) is 0 Å². The maximum Gasteiger partial charge on any atom is 0.0728 e. The Kier molecular flexibility index (Phi) is 4.00. The molecule has 2 atom stereocenters. The second kappa shape index (κ2) is 5.24. The Morgan fingerprint density at radius 3 is 2.58 bits per heavy atom. The summed E-state index contributed by atoms with van der Waals surface area (Å²) in [5, 5.41) is 10.9. The monoisotopic (exact) mass is 261 g/mol. The molecule has 1 aromatic heterocycles. The van der Waals surface area contributed by atoms with Gasteiger partial charge in [0.15, 0.2) is 0 Å². The highest BCUT2D eigenvalue weighted by Gasteiger charge is 2.42. The first-order valence-corrected chi connectivity index (χ1v) is 7.51. The normalized spacial score (nSPS) is 30.3. The molecule has 1 N–H and O–H groups in total. The summed E-state index contributed by atoms with van der Waals surface area (Å²) in [6.45, 7) is 8.92. The zero-order chi connectivity index (χ0) is 14.1. The Bertz CT molecular complexity index is 423. The van der Waals surface area contributed by atoms with Gasteiger partial charge in [-0.1, -0.05) is 33.8 Å². The second-order valence-corrected chi connectivity index (χ2v) is 7.06. The summed E-state index contributed by atoms with van der Waals surface area (Å²) < 4.78 is 0. The number of aromatic nitrogens is 1. The standard InChI is InChI=1S/C17H27NO/c1-5-14-6-7-15(18-12-14)11-17(19)9-8-16(3,4)10-13(17)2/h6-7,12-13,19H,5,8-11H2,1-4H3. The number of nitrogens with zero attached hydrogens (tertiary/aromatic N) is 1. The molecule has 0 saturated heterocycles. The highest BCUT2D eigenvalue weighted by molar-refractivity contribution is 5.16. The van der Waals surface area contributed by atoms with E-state index in [1.165, 1.54) is 5.56 Å². The van der Waals surface area contributed by atoms with Crippen LogP contribution in [0.25, 0.3) is 0 Å². The Morgan fingerprint density at radius 2 is 2.05 bits per heavy atom. The Morgan fingerprint density at radius 1 is 1.32 bits per heavy atom. The van der Waals surface area contributed by atoms with Crippen molar-refractivity contribution >= 4 is 0 Å². The molecule has 2 nitrogen and oxygen atoms in total.